The predicted molar refractivity (Wildman–Crippen MR) is 59.6 cm³/mol. The second kappa shape index (κ2) is 4.74. The highest BCUT2D eigenvalue weighted by atomic mass is 19.1. The molecule has 1 N–H and O–H groups in total. The number of hydrogen-bond donors (Lipinski definition) is 1. The van der Waals surface area contributed by atoms with Crippen molar-refractivity contribution in [2.45, 2.75) is 13.5 Å². The monoisotopic (exact) mass is 220 g/mol. The first-order valence-corrected chi connectivity index (χ1v) is 5.08. The SMILES string of the molecule is Cc1cnn(CCNc2ccnc(F)c2)c1. The van der Waals surface area contributed by atoms with E-state index in [1.807, 2.05) is 24.0 Å². The molecule has 0 aliphatic rings. The number of pyridine rings is 1. The Hall–Kier alpha value is -1.91. The maximum Gasteiger partial charge on any atom is 0.214 e. The van der Waals surface area contributed by atoms with Crippen molar-refractivity contribution in [3.63, 3.8) is 0 Å². The minimum absolute atomic E-state index is 0.472. The molecule has 0 aromatic carbocycles. The van der Waals surface area contributed by atoms with E-state index in [-0.39, 0.29) is 0 Å². The fraction of sp³-hybridized carbons (Fsp3) is 0.273. The van der Waals surface area contributed by atoms with E-state index in [2.05, 4.69) is 15.4 Å². The zero-order valence-corrected chi connectivity index (χ0v) is 9.02. The Morgan fingerprint density at radius 1 is 1.50 bits per heavy atom. The van der Waals surface area contributed by atoms with Crippen LogP contribution in [0.3, 0.4) is 0 Å². The second-order valence-electron chi connectivity index (χ2n) is 3.57. The zero-order valence-electron chi connectivity index (χ0n) is 9.02. The molecule has 2 heterocycles. The van der Waals surface area contributed by atoms with E-state index >= 15 is 0 Å². The Balaban J connectivity index is 1.84. The fourth-order valence-corrected chi connectivity index (χ4v) is 1.42. The molecule has 2 aromatic heterocycles. The number of hydrogen-bond acceptors (Lipinski definition) is 3. The van der Waals surface area contributed by atoms with E-state index in [1.165, 1.54) is 12.3 Å². The van der Waals surface area contributed by atoms with Gasteiger partial charge in [0.2, 0.25) is 5.95 Å². The van der Waals surface area contributed by atoms with Gasteiger partial charge < -0.3 is 5.32 Å². The third kappa shape index (κ3) is 2.79. The van der Waals surface area contributed by atoms with Crippen LogP contribution in [-0.4, -0.2) is 21.3 Å². The molecule has 84 valence electrons. The summed E-state index contributed by atoms with van der Waals surface area (Å²) in [5.41, 5.74) is 1.87. The lowest BCUT2D eigenvalue weighted by atomic mass is 10.4. The molecular formula is C11H13FN4. The highest BCUT2D eigenvalue weighted by Gasteiger charge is 1.96. The van der Waals surface area contributed by atoms with Crippen molar-refractivity contribution in [1.29, 1.82) is 0 Å². The number of halogens is 1. The summed E-state index contributed by atoms with van der Waals surface area (Å²) in [4.78, 5) is 3.49. The maximum atomic E-state index is 12.8. The molecule has 0 radical (unpaired) electrons. The topological polar surface area (TPSA) is 42.7 Å². The number of aromatic nitrogens is 3. The fourth-order valence-electron chi connectivity index (χ4n) is 1.42. The summed E-state index contributed by atoms with van der Waals surface area (Å²) in [6.07, 6.45) is 5.22. The van der Waals surface area contributed by atoms with Crippen molar-refractivity contribution in [2.24, 2.45) is 0 Å². The summed E-state index contributed by atoms with van der Waals surface area (Å²) < 4.78 is 14.6. The van der Waals surface area contributed by atoms with Gasteiger partial charge in [0.25, 0.3) is 0 Å². The van der Waals surface area contributed by atoms with Gasteiger partial charge in [0.15, 0.2) is 0 Å². The summed E-state index contributed by atoms with van der Waals surface area (Å²) in [7, 11) is 0. The molecule has 0 atom stereocenters. The Morgan fingerprint density at radius 2 is 2.38 bits per heavy atom. The summed E-state index contributed by atoms with van der Waals surface area (Å²) in [6, 6.07) is 3.10. The minimum Gasteiger partial charge on any atom is -0.383 e. The molecule has 0 saturated carbocycles. The van der Waals surface area contributed by atoms with Crippen molar-refractivity contribution in [3.05, 3.63) is 42.2 Å². The van der Waals surface area contributed by atoms with Crippen LogP contribution in [0.2, 0.25) is 0 Å². The molecule has 0 fully saturated rings. The van der Waals surface area contributed by atoms with E-state index in [0.29, 0.717) is 6.54 Å². The molecule has 4 nitrogen and oxygen atoms in total. The molecular weight excluding hydrogens is 207 g/mol. The van der Waals surface area contributed by atoms with Crippen LogP contribution < -0.4 is 5.32 Å². The van der Waals surface area contributed by atoms with Crippen LogP contribution in [-0.2, 0) is 6.54 Å². The van der Waals surface area contributed by atoms with Crippen LogP contribution in [0.25, 0.3) is 0 Å². The Bertz CT molecular complexity index is 467. The van der Waals surface area contributed by atoms with Gasteiger partial charge in [-0.2, -0.15) is 9.49 Å². The molecule has 5 heteroatoms. The third-order valence-electron chi connectivity index (χ3n) is 2.16. The first-order valence-electron chi connectivity index (χ1n) is 5.08. The number of aryl methyl sites for hydroxylation is 1. The van der Waals surface area contributed by atoms with Gasteiger partial charge in [0.05, 0.1) is 12.7 Å². The maximum absolute atomic E-state index is 12.8. The van der Waals surface area contributed by atoms with Crippen LogP contribution in [0.1, 0.15) is 5.56 Å². The lowest BCUT2D eigenvalue weighted by molar-refractivity contribution is 0.583. The second-order valence-corrected chi connectivity index (χ2v) is 3.57. The Kier molecular flexibility index (Phi) is 3.14. The van der Waals surface area contributed by atoms with Crippen molar-refractivity contribution in [3.8, 4) is 0 Å². The molecule has 0 bridgehead atoms. The van der Waals surface area contributed by atoms with Crippen molar-refractivity contribution in [2.75, 3.05) is 11.9 Å². The van der Waals surface area contributed by atoms with Crippen molar-refractivity contribution in [1.82, 2.24) is 14.8 Å². The first kappa shape index (κ1) is 10.6. The Labute approximate surface area is 93.1 Å². The largest absolute Gasteiger partial charge is 0.383 e. The first-order chi connectivity index (χ1) is 7.74. The molecule has 0 aliphatic heterocycles. The standard InChI is InChI=1S/C11H13FN4/c1-9-7-15-16(8-9)5-4-13-10-2-3-14-11(12)6-10/h2-3,6-8H,4-5H2,1H3,(H,13,14). The summed E-state index contributed by atoms with van der Waals surface area (Å²) in [5, 5.41) is 7.26. The van der Waals surface area contributed by atoms with Gasteiger partial charge in [-0.25, -0.2) is 4.98 Å². The van der Waals surface area contributed by atoms with Gasteiger partial charge in [0, 0.05) is 30.7 Å². The van der Waals surface area contributed by atoms with Crippen LogP contribution in [0.15, 0.2) is 30.7 Å². The van der Waals surface area contributed by atoms with Crippen LogP contribution in [0, 0.1) is 12.9 Å². The summed E-state index contributed by atoms with van der Waals surface area (Å²) >= 11 is 0. The van der Waals surface area contributed by atoms with Gasteiger partial charge in [-0.1, -0.05) is 0 Å². The molecule has 0 aliphatic carbocycles. The molecule has 0 spiro atoms. The smallest absolute Gasteiger partial charge is 0.214 e. The van der Waals surface area contributed by atoms with Crippen molar-refractivity contribution < 1.29 is 4.39 Å². The molecule has 0 unspecified atom stereocenters. The Morgan fingerprint density at radius 3 is 3.06 bits per heavy atom. The van der Waals surface area contributed by atoms with Gasteiger partial charge >= 0.3 is 0 Å². The summed E-state index contributed by atoms with van der Waals surface area (Å²) in [6.45, 7) is 3.44. The highest BCUT2D eigenvalue weighted by molar-refractivity contribution is 5.40. The average Bonchev–Trinajstić information content (AvgIpc) is 2.64. The molecule has 0 amide bonds. The zero-order chi connectivity index (χ0) is 11.4. The van der Waals surface area contributed by atoms with E-state index in [9.17, 15) is 4.39 Å². The number of anilines is 1. The number of nitrogens with zero attached hydrogens (tertiary/aromatic N) is 3. The predicted octanol–water partition coefficient (Wildman–Crippen LogP) is 1.84. The van der Waals surface area contributed by atoms with Crippen LogP contribution >= 0.6 is 0 Å². The molecule has 2 aromatic rings. The lowest BCUT2D eigenvalue weighted by Crippen LogP contribution is -2.10. The average molecular weight is 220 g/mol. The van der Waals surface area contributed by atoms with Gasteiger partial charge in [0.1, 0.15) is 0 Å². The lowest BCUT2D eigenvalue weighted by Gasteiger charge is -2.05. The van der Waals surface area contributed by atoms with Gasteiger partial charge in [-0.15, -0.1) is 0 Å². The van der Waals surface area contributed by atoms with Crippen LogP contribution in [0.4, 0.5) is 10.1 Å². The minimum atomic E-state index is -0.472. The van der Waals surface area contributed by atoms with Gasteiger partial charge in [-0.3, -0.25) is 4.68 Å². The quantitative estimate of drug-likeness (QED) is 0.799. The normalized spacial score (nSPS) is 10.4. The van der Waals surface area contributed by atoms with Crippen LogP contribution in [0.5, 0.6) is 0 Å². The van der Waals surface area contributed by atoms with E-state index in [0.717, 1.165) is 17.8 Å². The van der Waals surface area contributed by atoms with E-state index < -0.39 is 5.95 Å². The molecule has 16 heavy (non-hydrogen) atoms. The van der Waals surface area contributed by atoms with Crippen molar-refractivity contribution >= 4 is 5.69 Å². The third-order valence-corrected chi connectivity index (χ3v) is 2.16. The molecule has 0 saturated heterocycles. The highest BCUT2D eigenvalue weighted by Crippen LogP contribution is 2.06. The van der Waals surface area contributed by atoms with E-state index in [4.69, 9.17) is 0 Å². The molecule has 2 rings (SSSR count). The summed E-state index contributed by atoms with van der Waals surface area (Å²) in [5.74, 6) is -0.472. The van der Waals surface area contributed by atoms with Gasteiger partial charge in [-0.05, 0) is 18.6 Å². The number of nitrogens with one attached hydrogen (secondary N) is 1. The van der Waals surface area contributed by atoms with E-state index in [1.54, 1.807) is 6.07 Å². The number of rotatable bonds is 4.